The van der Waals surface area contributed by atoms with Crippen LogP contribution in [0.4, 0.5) is 4.39 Å². The van der Waals surface area contributed by atoms with E-state index in [0.29, 0.717) is 18.7 Å². The Bertz CT molecular complexity index is 724. The van der Waals surface area contributed by atoms with Gasteiger partial charge in [0.1, 0.15) is 5.83 Å². The molecule has 0 aromatic carbocycles. The first-order valence-electron chi connectivity index (χ1n) is 7.76. The van der Waals surface area contributed by atoms with E-state index in [1.54, 1.807) is 22.3 Å². The van der Waals surface area contributed by atoms with Gasteiger partial charge in [-0.15, -0.1) is 11.3 Å². The molecule has 23 heavy (non-hydrogen) atoms. The molecule has 5 heteroatoms. The number of halogens is 2. The topological polar surface area (TPSA) is 20.3 Å². The number of thiophene rings is 1. The highest BCUT2D eigenvalue weighted by molar-refractivity contribution is 9.10. The van der Waals surface area contributed by atoms with Gasteiger partial charge in [-0.3, -0.25) is 4.79 Å². The number of amides is 1. The Balaban J connectivity index is 1.75. The maximum atomic E-state index is 14.2. The summed E-state index contributed by atoms with van der Waals surface area (Å²) in [4.78, 5) is 16.4. The summed E-state index contributed by atoms with van der Waals surface area (Å²) in [5, 5.41) is 0. The predicted molar refractivity (Wildman–Crippen MR) is 97.0 cm³/mol. The van der Waals surface area contributed by atoms with Crippen LogP contribution in [0.1, 0.15) is 54.2 Å². The highest BCUT2D eigenvalue weighted by Crippen LogP contribution is 2.38. The minimum absolute atomic E-state index is 0.0291. The fourth-order valence-electron chi connectivity index (χ4n) is 2.83. The molecular formula is C18H21BrFNOS. The fourth-order valence-corrected chi connectivity index (χ4v) is 4.39. The van der Waals surface area contributed by atoms with Crippen molar-refractivity contribution in [3.63, 3.8) is 0 Å². The van der Waals surface area contributed by atoms with E-state index < -0.39 is 0 Å². The van der Waals surface area contributed by atoms with Crippen LogP contribution < -0.4 is 0 Å². The van der Waals surface area contributed by atoms with E-state index in [0.717, 1.165) is 16.9 Å². The summed E-state index contributed by atoms with van der Waals surface area (Å²) in [5.74, 6) is -0.199. The second kappa shape index (κ2) is 5.55. The zero-order chi connectivity index (χ0) is 17.0. The van der Waals surface area contributed by atoms with Crippen LogP contribution in [-0.4, -0.2) is 21.7 Å². The molecule has 0 spiro atoms. The van der Waals surface area contributed by atoms with Gasteiger partial charge in [0.2, 0.25) is 0 Å². The second-order valence-corrected chi connectivity index (χ2v) is 10.4. The third-order valence-corrected chi connectivity index (χ3v) is 6.38. The molecule has 0 saturated carbocycles. The number of carbonyl (C=O) groups excluding carboxylic acids is 1. The van der Waals surface area contributed by atoms with Gasteiger partial charge in [0.05, 0.1) is 4.88 Å². The van der Waals surface area contributed by atoms with Crippen LogP contribution in [0.25, 0.3) is 0 Å². The van der Waals surface area contributed by atoms with Crippen LogP contribution in [-0.2, 0) is 12.0 Å². The summed E-state index contributed by atoms with van der Waals surface area (Å²) in [5.41, 5.74) is 1.75. The lowest BCUT2D eigenvalue weighted by Gasteiger charge is -2.25. The molecule has 1 atom stereocenters. The minimum Gasteiger partial charge on any atom is -0.329 e. The van der Waals surface area contributed by atoms with Crippen molar-refractivity contribution in [3.8, 4) is 0 Å². The monoisotopic (exact) mass is 397 g/mol. The quantitative estimate of drug-likeness (QED) is 0.616. The number of rotatable bonds is 2. The molecule has 0 N–H and O–H groups in total. The van der Waals surface area contributed by atoms with E-state index >= 15 is 0 Å². The Morgan fingerprint density at radius 2 is 2.13 bits per heavy atom. The van der Waals surface area contributed by atoms with Gasteiger partial charge in [0.25, 0.3) is 5.91 Å². The molecular weight excluding hydrogens is 377 g/mol. The van der Waals surface area contributed by atoms with Gasteiger partial charge in [0.15, 0.2) is 0 Å². The molecule has 2 nitrogen and oxygen atoms in total. The van der Waals surface area contributed by atoms with Gasteiger partial charge in [0, 0.05) is 27.9 Å². The molecule has 0 fully saturated rings. The number of fused-ring (bicyclic) bond motifs is 1. The first-order chi connectivity index (χ1) is 10.6. The van der Waals surface area contributed by atoms with Crippen LogP contribution in [0, 0.1) is 0 Å². The molecule has 1 unspecified atom stereocenters. The number of allylic oxidation sites excluding steroid dienone is 2. The van der Waals surface area contributed by atoms with Crippen molar-refractivity contribution < 1.29 is 9.18 Å². The smallest absolute Gasteiger partial charge is 0.264 e. The summed E-state index contributed by atoms with van der Waals surface area (Å²) < 4.78 is 13.9. The van der Waals surface area contributed by atoms with E-state index in [9.17, 15) is 9.18 Å². The predicted octanol–water partition coefficient (Wildman–Crippen LogP) is 5.34. The van der Waals surface area contributed by atoms with E-state index in [-0.39, 0.29) is 21.5 Å². The molecule has 2 heterocycles. The highest BCUT2D eigenvalue weighted by Gasteiger charge is 2.34. The summed E-state index contributed by atoms with van der Waals surface area (Å²) in [6.45, 7) is 9.32. The summed E-state index contributed by atoms with van der Waals surface area (Å²) in [6.07, 6.45) is 4.22. The van der Waals surface area contributed by atoms with E-state index in [4.69, 9.17) is 0 Å². The molecule has 1 aliphatic carbocycles. The Labute approximate surface area is 149 Å². The molecule has 124 valence electrons. The van der Waals surface area contributed by atoms with Crippen molar-refractivity contribution in [2.24, 2.45) is 0 Å². The Morgan fingerprint density at radius 1 is 1.43 bits per heavy atom. The number of carbonyl (C=O) groups is 1. The van der Waals surface area contributed by atoms with E-state index in [1.807, 2.05) is 13.0 Å². The van der Waals surface area contributed by atoms with E-state index in [2.05, 4.69) is 42.8 Å². The SMILES string of the molecule is CC1(Br)C=C(F)C(CN2Cc3cc(C(C)(C)C)sc3C2=O)=CC1. The van der Waals surface area contributed by atoms with Gasteiger partial charge in [-0.1, -0.05) is 42.8 Å². The molecule has 3 rings (SSSR count). The zero-order valence-corrected chi connectivity index (χ0v) is 16.3. The zero-order valence-electron chi connectivity index (χ0n) is 13.9. The maximum Gasteiger partial charge on any atom is 0.264 e. The van der Waals surface area contributed by atoms with Crippen molar-refractivity contribution in [1.82, 2.24) is 4.90 Å². The van der Waals surface area contributed by atoms with Crippen molar-refractivity contribution in [3.05, 3.63) is 44.9 Å². The van der Waals surface area contributed by atoms with Gasteiger partial charge >= 0.3 is 0 Å². The molecule has 1 aromatic rings. The first-order valence-corrected chi connectivity index (χ1v) is 9.37. The molecule has 0 radical (unpaired) electrons. The van der Waals surface area contributed by atoms with Gasteiger partial charge in [-0.25, -0.2) is 4.39 Å². The first kappa shape index (κ1) is 16.9. The largest absolute Gasteiger partial charge is 0.329 e. The third-order valence-electron chi connectivity index (χ3n) is 4.23. The molecule has 1 aliphatic heterocycles. The number of hydrogen-bond donors (Lipinski definition) is 0. The average Bonchev–Trinajstić information content (AvgIpc) is 2.93. The number of hydrogen-bond acceptors (Lipinski definition) is 2. The van der Waals surface area contributed by atoms with Crippen LogP contribution >= 0.6 is 27.3 Å². The number of nitrogens with zero attached hydrogens (tertiary/aromatic N) is 1. The molecule has 0 saturated heterocycles. The maximum absolute atomic E-state index is 14.2. The lowest BCUT2D eigenvalue weighted by Crippen LogP contribution is -2.28. The lowest BCUT2D eigenvalue weighted by molar-refractivity contribution is 0.0795. The lowest BCUT2D eigenvalue weighted by atomic mass is 9.94. The van der Waals surface area contributed by atoms with Crippen molar-refractivity contribution in [2.45, 2.75) is 50.4 Å². The molecule has 1 aromatic heterocycles. The molecule has 2 aliphatic rings. The van der Waals surface area contributed by atoms with Crippen LogP contribution in [0.15, 0.2) is 29.6 Å². The summed E-state index contributed by atoms with van der Waals surface area (Å²) in [6, 6.07) is 2.13. The van der Waals surface area contributed by atoms with Gasteiger partial charge in [-0.2, -0.15) is 0 Å². The van der Waals surface area contributed by atoms with Crippen molar-refractivity contribution >= 4 is 33.2 Å². The van der Waals surface area contributed by atoms with Crippen molar-refractivity contribution in [2.75, 3.05) is 6.54 Å². The van der Waals surface area contributed by atoms with Crippen LogP contribution in [0.3, 0.4) is 0 Å². The summed E-state index contributed by atoms with van der Waals surface area (Å²) in [7, 11) is 0. The normalized spacial score (nSPS) is 24.6. The third kappa shape index (κ3) is 3.31. The van der Waals surface area contributed by atoms with Crippen molar-refractivity contribution in [1.29, 1.82) is 0 Å². The second-order valence-electron chi connectivity index (χ2n) is 7.58. The van der Waals surface area contributed by atoms with E-state index in [1.165, 1.54) is 4.88 Å². The average molecular weight is 398 g/mol. The Hall–Kier alpha value is -0.940. The summed E-state index contributed by atoms with van der Waals surface area (Å²) >= 11 is 5.07. The van der Waals surface area contributed by atoms with Crippen LogP contribution in [0.5, 0.6) is 0 Å². The van der Waals surface area contributed by atoms with Gasteiger partial charge in [-0.05, 0) is 36.5 Å². The minimum atomic E-state index is -0.324. The molecule has 0 bridgehead atoms. The van der Waals surface area contributed by atoms with Gasteiger partial charge < -0.3 is 4.90 Å². The Kier molecular flexibility index (Phi) is 4.08. The number of alkyl halides is 1. The fraction of sp³-hybridized carbons (Fsp3) is 0.500. The highest BCUT2D eigenvalue weighted by atomic mass is 79.9. The van der Waals surface area contributed by atoms with Crippen LogP contribution in [0.2, 0.25) is 0 Å². The molecule has 1 amide bonds. The standard InChI is InChI=1S/C18H21BrFNOS/c1-17(2,3)14-7-12-10-21(16(22)15(12)23-14)9-11-5-6-18(4,19)8-13(11)20/h5,7-8H,6,9-10H2,1-4H3. The Morgan fingerprint density at radius 3 is 2.70 bits per heavy atom.